The van der Waals surface area contributed by atoms with Gasteiger partial charge in [0.1, 0.15) is 5.75 Å². The second-order valence-electron chi connectivity index (χ2n) is 2.59. The molecule has 0 N–H and O–H groups in total. The Hall–Kier alpha value is 0.180. The SMILES string of the molecule is ClCCCOc1cc(Cl)c(Cl)cc1Cl. The third-order valence-electron chi connectivity index (χ3n) is 1.51. The Morgan fingerprint density at radius 1 is 1.00 bits per heavy atom. The quantitative estimate of drug-likeness (QED) is 0.441. The van der Waals surface area contributed by atoms with Crippen LogP contribution in [-0.4, -0.2) is 12.5 Å². The molecule has 14 heavy (non-hydrogen) atoms. The van der Waals surface area contributed by atoms with Crippen molar-refractivity contribution in [2.75, 3.05) is 12.5 Å². The van der Waals surface area contributed by atoms with Crippen LogP contribution in [0.5, 0.6) is 5.75 Å². The third kappa shape index (κ3) is 3.39. The smallest absolute Gasteiger partial charge is 0.139 e. The molecule has 0 atom stereocenters. The Kier molecular flexibility index (Phi) is 5.18. The highest BCUT2D eigenvalue weighted by atomic mass is 35.5. The molecule has 0 amide bonds. The first-order chi connectivity index (χ1) is 6.65. The van der Waals surface area contributed by atoms with Crippen molar-refractivity contribution in [2.45, 2.75) is 6.42 Å². The zero-order valence-electron chi connectivity index (χ0n) is 7.20. The highest BCUT2D eigenvalue weighted by molar-refractivity contribution is 6.43. The minimum atomic E-state index is 0.418. The summed E-state index contributed by atoms with van der Waals surface area (Å²) in [5, 5.41) is 1.30. The van der Waals surface area contributed by atoms with E-state index in [1.54, 1.807) is 12.1 Å². The van der Waals surface area contributed by atoms with Crippen LogP contribution in [0.4, 0.5) is 0 Å². The summed E-state index contributed by atoms with van der Waals surface area (Å²) in [5.41, 5.74) is 0. The molecule has 0 saturated carbocycles. The predicted octanol–water partition coefficient (Wildman–Crippen LogP) is 4.65. The Morgan fingerprint density at radius 3 is 2.29 bits per heavy atom. The average molecular weight is 274 g/mol. The molecule has 0 bridgehead atoms. The second-order valence-corrected chi connectivity index (χ2v) is 4.19. The Bertz CT molecular complexity index is 314. The van der Waals surface area contributed by atoms with Gasteiger partial charge in [0.05, 0.1) is 21.7 Å². The number of hydrogen-bond acceptors (Lipinski definition) is 1. The summed E-state index contributed by atoms with van der Waals surface area (Å²) >= 11 is 22.9. The van der Waals surface area contributed by atoms with E-state index in [-0.39, 0.29) is 0 Å². The van der Waals surface area contributed by atoms with Gasteiger partial charge in [-0.15, -0.1) is 11.6 Å². The molecule has 0 aromatic heterocycles. The lowest BCUT2D eigenvalue weighted by Crippen LogP contribution is -1.98. The van der Waals surface area contributed by atoms with Crippen molar-refractivity contribution in [3.05, 3.63) is 27.2 Å². The standard InChI is InChI=1S/C9H8Cl4O/c10-2-1-3-14-9-5-7(12)6(11)4-8(9)13/h4-5H,1-3H2. The average Bonchev–Trinajstić information content (AvgIpc) is 2.14. The molecular weight excluding hydrogens is 266 g/mol. The first kappa shape index (κ1) is 12.3. The van der Waals surface area contributed by atoms with Gasteiger partial charge in [-0.25, -0.2) is 0 Å². The van der Waals surface area contributed by atoms with Crippen molar-refractivity contribution in [1.29, 1.82) is 0 Å². The van der Waals surface area contributed by atoms with E-state index in [4.69, 9.17) is 51.1 Å². The molecule has 1 rings (SSSR count). The topological polar surface area (TPSA) is 9.23 Å². The second kappa shape index (κ2) is 5.92. The van der Waals surface area contributed by atoms with Gasteiger partial charge in [-0.2, -0.15) is 0 Å². The molecule has 0 fully saturated rings. The minimum Gasteiger partial charge on any atom is -0.492 e. The molecule has 0 heterocycles. The monoisotopic (exact) mass is 272 g/mol. The van der Waals surface area contributed by atoms with Crippen LogP contribution in [0.3, 0.4) is 0 Å². The van der Waals surface area contributed by atoms with Gasteiger partial charge >= 0.3 is 0 Å². The lowest BCUT2D eigenvalue weighted by atomic mass is 10.3. The first-order valence-electron chi connectivity index (χ1n) is 3.98. The van der Waals surface area contributed by atoms with Gasteiger partial charge in [0.2, 0.25) is 0 Å². The summed E-state index contributed by atoms with van der Waals surface area (Å²) < 4.78 is 5.35. The van der Waals surface area contributed by atoms with Crippen molar-refractivity contribution in [1.82, 2.24) is 0 Å². The molecule has 1 nitrogen and oxygen atoms in total. The van der Waals surface area contributed by atoms with Gasteiger partial charge in [-0.3, -0.25) is 0 Å². The van der Waals surface area contributed by atoms with Crippen molar-refractivity contribution in [3.63, 3.8) is 0 Å². The molecule has 0 aliphatic carbocycles. The summed E-state index contributed by atoms with van der Waals surface area (Å²) in [6.45, 7) is 0.515. The van der Waals surface area contributed by atoms with Crippen LogP contribution in [0.2, 0.25) is 15.1 Å². The maximum Gasteiger partial charge on any atom is 0.139 e. The van der Waals surface area contributed by atoms with Crippen LogP contribution in [0.15, 0.2) is 12.1 Å². The van der Waals surface area contributed by atoms with Crippen LogP contribution >= 0.6 is 46.4 Å². The third-order valence-corrected chi connectivity index (χ3v) is 2.80. The minimum absolute atomic E-state index is 0.418. The zero-order chi connectivity index (χ0) is 10.6. The lowest BCUT2D eigenvalue weighted by molar-refractivity contribution is 0.318. The molecule has 0 saturated heterocycles. The molecule has 1 aromatic carbocycles. The van der Waals surface area contributed by atoms with E-state index in [1.807, 2.05) is 0 Å². The fourth-order valence-corrected chi connectivity index (χ4v) is 1.55. The molecule has 0 aliphatic heterocycles. The molecule has 5 heteroatoms. The number of halogens is 4. The number of hydrogen-bond donors (Lipinski definition) is 0. The van der Waals surface area contributed by atoms with E-state index in [0.29, 0.717) is 33.3 Å². The van der Waals surface area contributed by atoms with Crippen LogP contribution < -0.4 is 4.74 Å². The maximum absolute atomic E-state index is 5.88. The van der Waals surface area contributed by atoms with E-state index in [9.17, 15) is 0 Å². The van der Waals surface area contributed by atoms with Crippen molar-refractivity contribution < 1.29 is 4.74 Å². The van der Waals surface area contributed by atoms with Crippen molar-refractivity contribution in [3.8, 4) is 5.75 Å². The fraction of sp³-hybridized carbons (Fsp3) is 0.333. The molecule has 78 valence electrons. The van der Waals surface area contributed by atoms with E-state index in [0.717, 1.165) is 6.42 Å². The van der Waals surface area contributed by atoms with Crippen molar-refractivity contribution in [2.24, 2.45) is 0 Å². The Balaban J connectivity index is 2.72. The zero-order valence-corrected chi connectivity index (χ0v) is 10.2. The van der Waals surface area contributed by atoms with Crippen molar-refractivity contribution >= 4 is 46.4 Å². The predicted molar refractivity (Wildman–Crippen MR) is 62.3 cm³/mol. The van der Waals surface area contributed by atoms with Gasteiger partial charge in [0.25, 0.3) is 0 Å². The van der Waals surface area contributed by atoms with Gasteiger partial charge in [0.15, 0.2) is 0 Å². The van der Waals surface area contributed by atoms with Crippen LogP contribution in [0.1, 0.15) is 6.42 Å². The summed E-state index contributed by atoms with van der Waals surface area (Å²) in [7, 11) is 0. The molecule has 0 unspecified atom stereocenters. The summed E-state index contributed by atoms with van der Waals surface area (Å²) in [5.74, 6) is 1.09. The van der Waals surface area contributed by atoms with Crippen LogP contribution in [-0.2, 0) is 0 Å². The van der Waals surface area contributed by atoms with Gasteiger partial charge in [0, 0.05) is 11.9 Å². The Morgan fingerprint density at radius 2 is 1.64 bits per heavy atom. The van der Waals surface area contributed by atoms with E-state index < -0.39 is 0 Å². The fourth-order valence-electron chi connectivity index (χ4n) is 0.852. The number of rotatable bonds is 4. The summed E-state index contributed by atoms with van der Waals surface area (Å²) in [4.78, 5) is 0. The molecule has 0 aliphatic rings. The van der Waals surface area contributed by atoms with Crippen LogP contribution in [0, 0.1) is 0 Å². The molecule has 1 aromatic rings. The first-order valence-corrected chi connectivity index (χ1v) is 5.65. The Labute approximate surface area is 103 Å². The highest BCUT2D eigenvalue weighted by Gasteiger charge is 2.06. The normalized spacial score (nSPS) is 10.3. The van der Waals surface area contributed by atoms with Gasteiger partial charge < -0.3 is 4.74 Å². The highest BCUT2D eigenvalue weighted by Crippen LogP contribution is 2.33. The lowest BCUT2D eigenvalue weighted by Gasteiger charge is -2.08. The van der Waals surface area contributed by atoms with E-state index >= 15 is 0 Å². The molecular formula is C9H8Cl4O. The van der Waals surface area contributed by atoms with Gasteiger partial charge in [-0.1, -0.05) is 34.8 Å². The van der Waals surface area contributed by atoms with Crippen LogP contribution in [0.25, 0.3) is 0 Å². The van der Waals surface area contributed by atoms with E-state index in [2.05, 4.69) is 0 Å². The number of ether oxygens (including phenoxy) is 1. The molecule has 0 radical (unpaired) electrons. The number of alkyl halides is 1. The molecule has 0 spiro atoms. The summed E-state index contributed by atoms with van der Waals surface area (Å²) in [6, 6.07) is 3.15. The van der Waals surface area contributed by atoms with E-state index in [1.165, 1.54) is 0 Å². The number of benzene rings is 1. The summed E-state index contributed by atoms with van der Waals surface area (Å²) in [6.07, 6.45) is 0.762. The van der Waals surface area contributed by atoms with Gasteiger partial charge in [-0.05, 0) is 12.5 Å². The maximum atomic E-state index is 5.88. The largest absolute Gasteiger partial charge is 0.492 e.